The summed E-state index contributed by atoms with van der Waals surface area (Å²) in [5.74, 6) is 1.09. The Morgan fingerprint density at radius 2 is 2.00 bits per heavy atom. The Morgan fingerprint density at radius 3 is 2.73 bits per heavy atom. The van der Waals surface area contributed by atoms with Crippen LogP contribution in [0.3, 0.4) is 0 Å². The highest BCUT2D eigenvalue weighted by Crippen LogP contribution is 2.30. The summed E-state index contributed by atoms with van der Waals surface area (Å²) in [4.78, 5) is 30.3. The Morgan fingerprint density at radius 1 is 1.21 bits per heavy atom. The standard InChI is InChI=1S/C25H30N4O4/c1-4-33-25(31)19-15-26-29(24(19)28-22(30)14-17-9-6-5-7-10-17)21-13-16(2)18-11-8-12-20(32-3)23(18)27-21/h8,11-13,15,17H,4-7,9-10,14H2,1-3H3,(H,28,30). The van der Waals surface area contributed by atoms with Crippen LogP contribution in [0.25, 0.3) is 16.7 Å². The molecule has 8 nitrogen and oxygen atoms in total. The summed E-state index contributed by atoms with van der Waals surface area (Å²) in [6.07, 6.45) is 7.50. The number of nitrogens with zero attached hydrogens (tertiary/aromatic N) is 3. The highest BCUT2D eigenvalue weighted by atomic mass is 16.5. The van der Waals surface area contributed by atoms with Crippen molar-refractivity contribution in [2.24, 2.45) is 5.92 Å². The van der Waals surface area contributed by atoms with Crippen molar-refractivity contribution >= 4 is 28.6 Å². The molecule has 0 unspecified atom stereocenters. The van der Waals surface area contributed by atoms with Crippen LogP contribution in [0.1, 0.15) is 61.4 Å². The maximum atomic E-state index is 12.9. The molecule has 33 heavy (non-hydrogen) atoms. The SMILES string of the molecule is CCOC(=O)c1cnn(-c2cc(C)c3cccc(OC)c3n2)c1NC(=O)CC1CCCCC1. The van der Waals surface area contributed by atoms with Crippen LogP contribution < -0.4 is 10.1 Å². The van der Waals surface area contributed by atoms with Gasteiger partial charge in [-0.05, 0) is 50.3 Å². The van der Waals surface area contributed by atoms with Crippen molar-refractivity contribution in [2.75, 3.05) is 19.0 Å². The van der Waals surface area contributed by atoms with E-state index in [4.69, 9.17) is 14.5 Å². The van der Waals surface area contributed by atoms with Crippen molar-refractivity contribution in [2.45, 2.75) is 52.4 Å². The van der Waals surface area contributed by atoms with Gasteiger partial charge in [-0.1, -0.05) is 31.4 Å². The van der Waals surface area contributed by atoms with E-state index in [0.29, 0.717) is 29.4 Å². The molecule has 3 aromatic rings. The summed E-state index contributed by atoms with van der Waals surface area (Å²) in [7, 11) is 1.60. The minimum atomic E-state index is -0.535. The van der Waals surface area contributed by atoms with Gasteiger partial charge in [0.25, 0.3) is 0 Å². The summed E-state index contributed by atoms with van der Waals surface area (Å²) in [5, 5.41) is 8.28. The number of carbonyl (C=O) groups is 2. The number of fused-ring (bicyclic) bond motifs is 1. The molecule has 4 rings (SSSR count). The lowest BCUT2D eigenvalue weighted by Crippen LogP contribution is -2.21. The second kappa shape index (κ2) is 10.0. The highest BCUT2D eigenvalue weighted by Gasteiger charge is 2.24. The van der Waals surface area contributed by atoms with E-state index < -0.39 is 5.97 Å². The van der Waals surface area contributed by atoms with E-state index in [9.17, 15) is 9.59 Å². The number of benzene rings is 1. The molecule has 8 heteroatoms. The third kappa shape index (κ3) is 4.84. The smallest absolute Gasteiger partial charge is 0.343 e. The summed E-state index contributed by atoms with van der Waals surface area (Å²) in [6.45, 7) is 3.94. The number of anilines is 1. The van der Waals surface area contributed by atoms with Gasteiger partial charge in [0.1, 0.15) is 16.8 Å². The van der Waals surface area contributed by atoms with Crippen LogP contribution in [0.15, 0.2) is 30.5 Å². The Bertz CT molecular complexity index is 1160. The van der Waals surface area contributed by atoms with Gasteiger partial charge in [-0.15, -0.1) is 0 Å². The summed E-state index contributed by atoms with van der Waals surface area (Å²) in [6, 6.07) is 7.61. The van der Waals surface area contributed by atoms with E-state index in [0.717, 1.165) is 36.6 Å². The molecule has 1 fully saturated rings. The van der Waals surface area contributed by atoms with Gasteiger partial charge in [-0.25, -0.2) is 9.78 Å². The van der Waals surface area contributed by atoms with Gasteiger partial charge < -0.3 is 14.8 Å². The number of nitrogens with one attached hydrogen (secondary N) is 1. The minimum absolute atomic E-state index is 0.135. The molecule has 174 valence electrons. The molecule has 1 aliphatic rings. The average Bonchev–Trinajstić information content (AvgIpc) is 3.23. The van der Waals surface area contributed by atoms with Crippen LogP contribution in [-0.4, -0.2) is 40.4 Å². The molecule has 2 heterocycles. The first-order valence-corrected chi connectivity index (χ1v) is 11.5. The largest absolute Gasteiger partial charge is 0.494 e. The molecule has 1 saturated carbocycles. The quantitative estimate of drug-likeness (QED) is 0.519. The zero-order valence-electron chi connectivity index (χ0n) is 19.4. The lowest BCUT2D eigenvalue weighted by atomic mass is 9.87. The molecule has 0 saturated heterocycles. The van der Waals surface area contributed by atoms with E-state index >= 15 is 0 Å². The van der Waals surface area contributed by atoms with Crippen LogP contribution in [-0.2, 0) is 9.53 Å². The normalized spacial score (nSPS) is 14.3. The van der Waals surface area contributed by atoms with Gasteiger partial charge in [0.2, 0.25) is 5.91 Å². The Kier molecular flexibility index (Phi) is 6.91. The lowest BCUT2D eigenvalue weighted by Gasteiger charge is -2.21. The van der Waals surface area contributed by atoms with Gasteiger partial charge >= 0.3 is 5.97 Å². The summed E-state index contributed by atoms with van der Waals surface area (Å²) in [5.41, 5.74) is 1.86. The monoisotopic (exact) mass is 450 g/mol. The fraction of sp³-hybridized carbons (Fsp3) is 0.440. The maximum Gasteiger partial charge on any atom is 0.343 e. The molecular formula is C25H30N4O4. The molecule has 1 N–H and O–H groups in total. The summed E-state index contributed by atoms with van der Waals surface area (Å²) < 4.78 is 12.2. The van der Waals surface area contributed by atoms with E-state index in [1.807, 2.05) is 31.2 Å². The minimum Gasteiger partial charge on any atom is -0.494 e. The number of methoxy groups -OCH3 is 1. The predicted octanol–water partition coefficient (Wildman–Crippen LogP) is 4.82. The summed E-state index contributed by atoms with van der Waals surface area (Å²) >= 11 is 0. The van der Waals surface area contributed by atoms with Crippen molar-refractivity contribution in [3.8, 4) is 11.6 Å². The second-order valence-electron chi connectivity index (χ2n) is 8.45. The molecule has 0 radical (unpaired) electrons. The van der Waals surface area contributed by atoms with Gasteiger partial charge in [0, 0.05) is 11.8 Å². The molecule has 2 aromatic heterocycles. The number of pyridine rings is 1. The number of carbonyl (C=O) groups excluding carboxylic acids is 2. The number of aryl methyl sites for hydroxylation is 1. The Labute approximate surface area is 193 Å². The van der Waals surface area contributed by atoms with Gasteiger partial charge in [-0.3, -0.25) is 4.79 Å². The van der Waals surface area contributed by atoms with E-state index in [-0.39, 0.29) is 23.9 Å². The predicted molar refractivity (Wildman–Crippen MR) is 126 cm³/mol. The molecular weight excluding hydrogens is 420 g/mol. The lowest BCUT2D eigenvalue weighted by molar-refractivity contribution is -0.117. The molecule has 1 amide bonds. The van der Waals surface area contributed by atoms with Crippen LogP contribution in [0.4, 0.5) is 5.82 Å². The molecule has 0 aliphatic heterocycles. The van der Waals surface area contributed by atoms with Crippen molar-refractivity contribution in [1.82, 2.24) is 14.8 Å². The van der Waals surface area contributed by atoms with Gasteiger partial charge in [0.05, 0.1) is 19.9 Å². The van der Waals surface area contributed by atoms with Crippen LogP contribution >= 0.6 is 0 Å². The number of amides is 1. The number of esters is 1. The van der Waals surface area contributed by atoms with E-state index in [1.54, 1.807) is 14.0 Å². The number of hydrogen-bond donors (Lipinski definition) is 1. The first-order chi connectivity index (χ1) is 16.0. The molecule has 0 bridgehead atoms. The number of rotatable bonds is 7. The first-order valence-electron chi connectivity index (χ1n) is 11.5. The number of aromatic nitrogens is 3. The molecule has 0 atom stereocenters. The van der Waals surface area contributed by atoms with Crippen LogP contribution in [0.2, 0.25) is 0 Å². The zero-order valence-corrected chi connectivity index (χ0v) is 19.4. The average molecular weight is 451 g/mol. The van der Waals surface area contributed by atoms with Gasteiger partial charge in [0.15, 0.2) is 11.6 Å². The third-order valence-electron chi connectivity index (χ3n) is 6.15. The van der Waals surface area contributed by atoms with E-state index in [2.05, 4.69) is 10.4 Å². The van der Waals surface area contributed by atoms with Crippen molar-refractivity contribution in [1.29, 1.82) is 0 Å². The molecule has 1 aliphatic carbocycles. The fourth-order valence-electron chi connectivity index (χ4n) is 4.48. The molecule has 1 aromatic carbocycles. The van der Waals surface area contributed by atoms with Crippen LogP contribution in [0, 0.1) is 12.8 Å². The van der Waals surface area contributed by atoms with E-state index in [1.165, 1.54) is 17.3 Å². The highest BCUT2D eigenvalue weighted by molar-refractivity contribution is 6.00. The number of para-hydroxylation sites is 1. The zero-order chi connectivity index (χ0) is 23.4. The van der Waals surface area contributed by atoms with Gasteiger partial charge in [-0.2, -0.15) is 9.78 Å². The van der Waals surface area contributed by atoms with Crippen molar-refractivity contribution in [3.63, 3.8) is 0 Å². The Balaban J connectivity index is 1.73. The number of hydrogen-bond acceptors (Lipinski definition) is 6. The van der Waals surface area contributed by atoms with Crippen molar-refractivity contribution < 1.29 is 19.1 Å². The maximum absolute atomic E-state index is 12.9. The topological polar surface area (TPSA) is 95.3 Å². The van der Waals surface area contributed by atoms with Crippen LogP contribution in [0.5, 0.6) is 5.75 Å². The Hall–Kier alpha value is -3.42. The number of ether oxygens (including phenoxy) is 2. The third-order valence-corrected chi connectivity index (χ3v) is 6.15. The first kappa shape index (κ1) is 22.8. The molecule has 0 spiro atoms. The van der Waals surface area contributed by atoms with Crippen molar-refractivity contribution in [3.05, 3.63) is 41.6 Å². The second-order valence-corrected chi connectivity index (χ2v) is 8.45. The fourth-order valence-corrected chi connectivity index (χ4v) is 4.48.